The summed E-state index contributed by atoms with van der Waals surface area (Å²) in [6.07, 6.45) is 1.93. The number of amides is 3. The van der Waals surface area contributed by atoms with Gasteiger partial charge in [0.2, 0.25) is 17.7 Å². The first kappa shape index (κ1) is 31.1. The van der Waals surface area contributed by atoms with Crippen molar-refractivity contribution in [2.45, 2.75) is 62.7 Å². The number of rotatable bonds is 14. The number of hydrogen-bond acceptors (Lipinski definition) is 6. The number of carboxylic acids is 1. The Labute approximate surface area is 239 Å². The van der Waals surface area contributed by atoms with E-state index >= 15 is 0 Å². The summed E-state index contributed by atoms with van der Waals surface area (Å²) in [5.41, 5.74) is 18.6. The summed E-state index contributed by atoms with van der Waals surface area (Å²) in [5.74, 6) is -2.74. The molecule has 1 heterocycles. The lowest BCUT2D eigenvalue weighted by molar-refractivity contribution is -0.145. The van der Waals surface area contributed by atoms with Gasteiger partial charge >= 0.3 is 5.97 Å². The molecular weight excluding hydrogens is 526 g/mol. The largest absolute Gasteiger partial charge is 0.480 e. The van der Waals surface area contributed by atoms with Crippen molar-refractivity contribution in [3.05, 3.63) is 71.8 Å². The Hall–Kier alpha value is -4.45. The fourth-order valence-electron chi connectivity index (χ4n) is 4.82. The van der Waals surface area contributed by atoms with E-state index in [2.05, 4.69) is 15.6 Å². The van der Waals surface area contributed by atoms with Crippen LogP contribution < -0.4 is 27.8 Å². The first-order valence-electron chi connectivity index (χ1n) is 13.7. The van der Waals surface area contributed by atoms with E-state index in [0.717, 1.165) is 11.1 Å². The Kier molecular flexibility index (Phi) is 11.6. The van der Waals surface area contributed by atoms with Crippen LogP contribution in [0.4, 0.5) is 0 Å². The number of aliphatic imine (C=N–C) groups is 1. The molecule has 3 rings (SSSR count). The average molecular weight is 566 g/mol. The highest BCUT2D eigenvalue weighted by Gasteiger charge is 2.39. The van der Waals surface area contributed by atoms with E-state index in [1.807, 2.05) is 36.4 Å². The average Bonchev–Trinajstić information content (AvgIpc) is 3.45. The third kappa shape index (κ3) is 9.60. The summed E-state index contributed by atoms with van der Waals surface area (Å²) in [6.45, 7) is 0.547. The molecule has 0 aromatic heterocycles. The minimum absolute atomic E-state index is 0.0819. The molecule has 9 N–H and O–H groups in total. The molecule has 12 nitrogen and oxygen atoms in total. The molecule has 0 spiro atoms. The number of guanidine groups is 1. The fourth-order valence-corrected chi connectivity index (χ4v) is 4.82. The number of carbonyl (C=O) groups excluding carboxylic acids is 3. The van der Waals surface area contributed by atoms with Gasteiger partial charge in [-0.2, -0.15) is 0 Å². The Morgan fingerprint density at radius 1 is 0.927 bits per heavy atom. The van der Waals surface area contributed by atoms with E-state index in [1.54, 1.807) is 24.3 Å². The zero-order valence-corrected chi connectivity index (χ0v) is 22.9. The molecule has 0 bridgehead atoms. The number of benzene rings is 2. The highest BCUT2D eigenvalue weighted by molar-refractivity contribution is 5.94. The van der Waals surface area contributed by atoms with E-state index in [9.17, 15) is 24.3 Å². The van der Waals surface area contributed by atoms with Crippen molar-refractivity contribution in [3.63, 3.8) is 0 Å². The Bertz CT molecular complexity index is 1200. The monoisotopic (exact) mass is 565 g/mol. The molecule has 3 amide bonds. The van der Waals surface area contributed by atoms with E-state index < -0.39 is 47.9 Å². The number of carbonyl (C=O) groups is 4. The second kappa shape index (κ2) is 15.4. The van der Waals surface area contributed by atoms with Crippen LogP contribution in [0.5, 0.6) is 0 Å². The number of aliphatic carboxylic acids is 1. The summed E-state index contributed by atoms with van der Waals surface area (Å²) < 4.78 is 0. The maximum atomic E-state index is 13.7. The number of nitrogens with two attached hydrogens (primary N) is 3. The van der Waals surface area contributed by atoms with Gasteiger partial charge in [-0.25, -0.2) is 4.79 Å². The van der Waals surface area contributed by atoms with Crippen LogP contribution in [0, 0.1) is 0 Å². The summed E-state index contributed by atoms with van der Waals surface area (Å²) in [6, 6.07) is 14.4. The van der Waals surface area contributed by atoms with Crippen LogP contribution in [0.1, 0.15) is 36.8 Å². The van der Waals surface area contributed by atoms with Gasteiger partial charge in [0, 0.05) is 19.5 Å². The minimum atomic E-state index is -1.17. The van der Waals surface area contributed by atoms with Gasteiger partial charge in [0.1, 0.15) is 18.1 Å². The quantitative estimate of drug-likeness (QED) is 0.103. The normalized spacial score (nSPS) is 16.7. The van der Waals surface area contributed by atoms with Gasteiger partial charge in [0.05, 0.1) is 6.04 Å². The zero-order valence-electron chi connectivity index (χ0n) is 22.9. The number of nitrogens with one attached hydrogen (secondary N) is 2. The SMILES string of the molecule is NC(N)=NCCCC(NC(=O)C(N)Cc1ccccc1)C(=O)N1CCCC1C(=O)NC(Cc1ccccc1)C(=O)O. The van der Waals surface area contributed by atoms with Gasteiger partial charge in [0.25, 0.3) is 0 Å². The molecule has 12 heteroatoms. The summed E-state index contributed by atoms with van der Waals surface area (Å²) in [5, 5.41) is 15.1. The van der Waals surface area contributed by atoms with Crippen molar-refractivity contribution in [3.8, 4) is 0 Å². The third-order valence-electron chi connectivity index (χ3n) is 6.93. The van der Waals surface area contributed by atoms with Crippen molar-refractivity contribution in [2.24, 2.45) is 22.2 Å². The van der Waals surface area contributed by atoms with Gasteiger partial charge in [-0.1, -0.05) is 60.7 Å². The molecule has 1 fully saturated rings. The molecule has 0 radical (unpaired) electrons. The topological polar surface area (TPSA) is 206 Å². The zero-order chi connectivity index (χ0) is 29.8. The molecule has 1 aliphatic heterocycles. The molecule has 4 atom stereocenters. The summed E-state index contributed by atoms with van der Waals surface area (Å²) >= 11 is 0. The highest BCUT2D eigenvalue weighted by atomic mass is 16.4. The van der Waals surface area contributed by atoms with Crippen molar-refractivity contribution in [1.82, 2.24) is 15.5 Å². The summed E-state index contributed by atoms with van der Waals surface area (Å²) in [7, 11) is 0. The molecule has 41 heavy (non-hydrogen) atoms. The fraction of sp³-hybridized carbons (Fsp3) is 0.414. The van der Waals surface area contributed by atoms with Crippen LogP contribution in [0.25, 0.3) is 0 Å². The molecule has 0 aliphatic carbocycles. The van der Waals surface area contributed by atoms with Crippen molar-refractivity contribution in [2.75, 3.05) is 13.1 Å². The van der Waals surface area contributed by atoms with Crippen LogP contribution >= 0.6 is 0 Å². The van der Waals surface area contributed by atoms with E-state index in [-0.39, 0.29) is 31.8 Å². The predicted octanol–water partition coefficient (Wildman–Crippen LogP) is -0.102. The second-order valence-electron chi connectivity index (χ2n) is 10.1. The van der Waals surface area contributed by atoms with Crippen molar-refractivity contribution in [1.29, 1.82) is 0 Å². The molecule has 1 saturated heterocycles. The van der Waals surface area contributed by atoms with Crippen molar-refractivity contribution < 1.29 is 24.3 Å². The summed E-state index contributed by atoms with van der Waals surface area (Å²) in [4.78, 5) is 57.2. The van der Waals surface area contributed by atoms with Gasteiger partial charge < -0.3 is 37.8 Å². The Balaban J connectivity index is 1.70. The van der Waals surface area contributed by atoms with Gasteiger partial charge in [0.15, 0.2) is 5.96 Å². The van der Waals surface area contributed by atoms with Crippen molar-refractivity contribution >= 4 is 29.7 Å². The molecule has 2 aromatic carbocycles. The number of hydrogen-bond donors (Lipinski definition) is 6. The smallest absolute Gasteiger partial charge is 0.326 e. The first-order chi connectivity index (χ1) is 19.7. The van der Waals surface area contributed by atoms with Gasteiger partial charge in [-0.15, -0.1) is 0 Å². The molecule has 220 valence electrons. The van der Waals surface area contributed by atoms with E-state index in [4.69, 9.17) is 17.2 Å². The highest BCUT2D eigenvalue weighted by Crippen LogP contribution is 2.20. The Morgan fingerprint density at radius 3 is 2.12 bits per heavy atom. The van der Waals surface area contributed by atoms with Crippen LogP contribution in [-0.4, -0.2) is 76.9 Å². The maximum Gasteiger partial charge on any atom is 0.326 e. The standard InChI is InChI=1S/C29H39N7O5/c30-21(17-19-9-3-1-4-10-19)25(37)34-22(13-7-15-33-29(31)32)27(39)36-16-8-14-24(36)26(38)35-23(28(40)41)18-20-11-5-2-6-12-20/h1-6,9-12,21-24H,7-8,13-18,30H2,(H,34,37)(H,35,38)(H,40,41)(H4,31,32,33). The second-order valence-corrected chi connectivity index (χ2v) is 10.1. The van der Waals surface area contributed by atoms with E-state index in [0.29, 0.717) is 25.8 Å². The minimum Gasteiger partial charge on any atom is -0.480 e. The predicted molar refractivity (Wildman–Crippen MR) is 154 cm³/mol. The van der Waals surface area contributed by atoms with Crippen LogP contribution in [-0.2, 0) is 32.0 Å². The van der Waals surface area contributed by atoms with Gasteiger partial charge in [-0.3, -0.25) is 19.4 Å². The molecule has 4 unspecified atom stereocenters. The molecule has 2 aromatic rings. The lowest BCUT2D eigenvalue weighted by Gasteiger charge is -2.30. The van der Waals surface area contributed by atoms with E-state index in [1.165, 1.54) is 4.90 Å². The van der Waals surface area contributed by atoms with Crippen LogP contribution in [0.3, 0.4) is 0 Å². The lowest BCUT2D eigenvalue weighted by atomic mass is 10.0. The Morgan fingerprint density at radius 2 is 1.54 bits per heavy atom. The van der Waals surface area contributed by atoms with Crippen LogP contribution in [0.15, 0.2) is 65.7 Å². The molecule has 0 saturated carbocycles. The number of nitrogens with zero attached hydrogens (tertiary/aromatic N) is 2. The van der Waals surface area contributed by atoms with Gasteiger partial charge in [-0.05, 0) is 43.2 Å². The number of carboxylic acid groups (broad SMARTS) is 1. The lowest BCUT2D eigenvalue weighted by Crippen LogP contribution is -2.57. The molecular formula is C29H39N7O5. The van der Waals surface area contributed by atoms with Crippen LogP contribution in [0.2, 0.25) is 0 Å². The third-order valence-corrected chi connectivity index (χ3v) is 6.93. The molecule has 1 aliphatic rings. The number of likely N-dealkylation sites (tertiary alicyclic amines) is 1. The maximum absolute atomic E-state index is 13.7. The first-order valence-corrected chi connectivity index (χ1v) is 13.7.